The van der Waals surface area contributed by atoms with Crippen molar-refractivity contribution in [2.75, 3.05) is 0 Å². The summed E-state index contributed by atoms with van der Waals surface area (Å²) in [6.07, 6.45) is 3.94. The van der Waals surface area contributed by atoms with Gasteiger partial charge in [0.2, 0.25) is 0 Å². The molecule has 0 amide bonds. The van der Waals surface area contributed by atoms with Gasteiger partial charge in [0.25, 0.3) is 0 Å². The Balaban J connectivity index is 2.10. The molecule has 0 fully saturated rings. The van der Waals surface area contributed by atoms with Crippen LogP contribution < -0.4 is 0 Å². The van der Waals surface area contributed by atoms with E-state index in [1.807, 2.05) is 0 Å². The highest BCUT2D eigenvalue weighted by molar-refractivity contribution is 14.1. The van der Waals surface area contributed by atoms with Crippen molar-refractivity contribution in [3.63, 3.8) is 0 Å². The van der Waals surface area contributed by atoms with E-state index in [-0.39, 0.29) is 0 Å². The molecule has 2 aromatic carbocycles. The first kappa shape index (κ1) is 10.1. The van der Waals surface area contributed by atoms with Crippen molar-refractivity contribution in [1.29, 1.82) is 0 Å². The van der Waals surface area contributed by atoms with E-state index in [9.17, 15) is 0 Å². The van der Waals surface area contributed by atoms with E-state index in [4.69, 9.17) is 0 Å². The monoisotopic (exact) mass is 332 g/mol. The number of rotatable bonds is 0. The second-order valence-electron chi connectivity index (χ2n) is 5.06. The Morgan fingerprint density at radius 1 is 1.06 bits per heavy atom. The van der Waals surface area contributed by atoms with Gasteiger partial charge in [-0.3, -0.25) is 0 Å². The first-order chi connectivity index (χ1) is 8.34. The van der Waals surface area contributed by atoms with E-state index in [0.717, 1.165) is 0 Å². The van der Waals surface area contributed by atoms with Gasteiger partial charge >= 0.3 is 0 Å². The largest absolute Gasteiger partial charge is 0.0619 e. The molecule has 0 heterocycles. The van der Waals surface area contributed by atoms with Crippen molar-refractivity contribution in [2.24, 2.45) is 0 Å². The first-order valence-electron chi connectivity index (χ1n) is 6.26. The van der Waals surface area contributed by atoms with Gasteiger partial charge in [0.05, 0.1) is 0 Å². The zero-order chi connectivity index (χ0) is 11.4. The fourth-order valence-corrected chi connectivity index (χ4v) is 4.20. The molecule has 2 aliphatic rings. The molecule has 2 aliphatic carbocycles. The van der Waals surface area contributed by atoms with Crippen LogP contribution >= 0.6 is 22.6 Å². The Morgan fingerprint density at radius 3 is 2.88 bits per heavy atom. The number of halogens is 1. The minimum Gasteiger partial charge on any atom is -0.0619 e. The molecule has 0 bridgehead atoms. The minimum absolute atomic E-state index is 0.682. The molecule has 1 atom stereocenters. The highest BCUT2D eigenvalue weighted by Gasteiger charge is 2.32. The summed E-state index contributed by atoms with van der Waals surface area (Å²) in [7, 11) is 0. The average molecular weight is 332 g/mol. The summed E-state index contributed by atoms with van der Waals surface area (Å²) >= 11 is 2.45. The van der Waals surface area contributed by atoms with Gasteiger partial charge in [0, 0.05) is 9.49 Å². The molecular weight excluding hydrogens is 319 g/mol. The number of aryl methyl sites for hydroxylation is 1. The van der Waals surface area contributed by atoms with E-state index in [2.05, 4.69) is 59.0 Å². The molecular formula is C16H13I. The highest BCUT2D eigenvalue weighted by atomic mass is 127. The van der Waals surface area contributed by atoms with Gasteiger partial charge < -0.3 is 0 Å². The van der Waals surface area contributed by atoms with Crippen molar-refractivity contribution in [3.8, 4) is 11.1 Å². The molecule has 0 aliphatic heterocycles. The summed E-state index contributed by atoms with van der Waals surface area (Å²) in [5.74, 6) is 0.682. The van der Waals surface area contributed by atoms with E-state index in [1.165, 1.54) is 34.0 Å². The molecule has 0 spiro atoms. The van der Waals surface area contributed by atoms with Gasteiger partial charge in [-0.1, -0.05) is 24.3 Å². The Hall–Kier alpha value is -0.830. The molecule has 0 radical (unpaired) electrons. The van der Waals surface area contributed by atoms with Gasteiger partial charge in [-0.15, -0.1) is 0 Å². The molecule has 0 nitrogen and oxygen atoms in total. The smallest absolute Gasteiger partial charge is 0.0139 e. The van der Waals surface area contributed by atoms with Crippen molar-refractivity contribution in [3.05, 3.63) is 56.7 Å². The second-order valence-corrected chi connectivity index (χ2v) is 6.30. The third-order valence-electron chi connectivity index (χ3n) is 4.14. The van der Waals surface area contributed by atoms with Gasteiger partial charge in [0.1, 0.15) is 0 Å². The lowest BCUT2D eigenvalue weighted by Gasteiger charge is -2.22. The number of benzene rings is 2. The summed E-state index contributed by atoms with van der Waals surface area (Å²) in [4.78, 5) is 0. The summed E-state index contributed by atoms with van der Waals surface area (Å²) < 4.78 is 1.38. The molecule has 84 valence electrons. The second kappa shape index (κ2) is 3.58. The van der Waals surface area contributed by atoms with Crippen LogP contribution in [0.2, 0.25) is 0 Å². The fraction of sp³-hybridized carbons (Fsp3) is 0.250. The van der Waals surface area contributed by atoms with Crippen molar-refractivity contribution in [1.82, 2.24) is 0 Å². The summed E-state index contributed by atoms with van der Waals surface area (Å²) in [5, 5.41) is 0. The molecule has 4 rings (SSSR count). The van der Waals surface area contributed by atoms with Crippen LogP contribution in [0.4, 0.5) is 0 Å². The molecule has 1 unspecified atom stereocenters. The lowest BCUT2D eigenvalue weighted by atomic mass is 9.82. The number of fused-ring (bicyclic) bond motifs is 3. The quantitative estimate of drug-likeness (QED) is 0.611. The van der Waals surface area contributed by atoms with Crippen LogP contribution in [-0.2, 0) is 6.42 Å². The van der Waals surface area contributed by atoms with Crippen LogP contribution in [0, 0.1) is 3.57 Å². The third-order valence-corrected chi connectivity index (χ3v) is 4.77. The van der Waals surface area contributed by atoms with Crippen LogP contribution in [-0.4, -0.2) is 0 Å². The average Bonchev–Trinajstić information content (AvgIpc) is 2.67. The molecule has 0 aromatic heterocycles. The van der Waals surface area contributed by atoms with E-state index < -0.39 is 0 Å². The minimum atomic E-state index is 0.682. The van der Waals surface area contributed by atoms with Gasteiger partial charge in [-0.2, -0.15) is 0 Å². The van der Waals surface area contributed by atoms with Crippen LogP contribution in [0.25, 0.3) is 11.1 Å². The predicted molar refractivity (Wildman–Crippen MR) is 79.4 cm³/mol. The Morgan fingerprint density at radius 2 is 1.94 bits per heavy atom. The van der Waals surface area contributed by atoms with E-state index in [1.54, 1.807) is 16.7 Å². The summed E-state index contributed by atoms with van der Waals surface area (Å²) in [6.45, 7) is 0. The zero-order valence-corrected chi connectivity index (χ0v) is 11.7. The Labute approximate surface area is 115 Å². The highest BCUT2D eigenvalue weighted by Crippen LogP contribution is 2.51. The lowest BCUT2D eigenvalue weighted by Crippen LogP contribution is -2.08. The predicted octanol–water partition coefficient (Wildman–Crippen LogP) is 4.74. The first-order valence-corrected chi connectivity index (χ1v) is 7.34. The fourth-order valence-electron chi connectivity index (χ4n) is 3.51. The van der Waals surface area contributed by atoms with Crippen molar-refractivity contribution < 1.29 is 0 Å². The molecule has 2 aromatic rings. The molecule has 0 saturated carbocycles. The van der Waals surface area contributed by atoms with Gasteiger partial charge in [0.15, 0.2) is 0 Å². The maximum absolute atomic E-state index is 2.45. The van der Waals surface area contributed by atoms with Crippen LogP contribution in [0.3, 0.4) is 0 Å². The molecule has 17 heavy (non-hydrogen) atoms. The standard InChI is InChI=1S/C16H13I/c17-11-8-10-4-3-7-14-12-5-1-2-6-13(12)15(9-11)16(10)14/h1-2,5-6,8-9,14H,3-4,7H2. The number of hydrogen-bond acceptors (Lipinski definition) is 0. The molecule has 1 heteroatoms. The summed E-state index contributed by atoms with van der Waals surface area (Å²) in [5.41, 5.74) is 7.78. The Bertz CT molecular complexity index is 613. The maximum atomic E-state index is 2.45. The number of hydrogen-bond donors (Lipinski definition) is 0. The van der Waals surface area contributed by atoms with Crippen LogP contribution in [0.15, 0.2) is 36.4 Å². The van der Waals surface area contributed by atoms with Crippen LogP contribution in [0.1, 0.15) is 35.4 Å². The van der Waals surface area contributed by atoms with Crippen molar-refractivity contribution in [2.45, 2.75) is 25.2 Å². The zero-order valence-electron chi connectivity index (χ0n) is 9.54. The SMILES string of the molecule is Ic1cc2c3c(c1)-c1ccccc1C3CCC2. The third kappa shape index (κ3) is 1.35. The van der Waals surface area contributed by atoms with E-state index in [0.29, 0.717) is 5.92 Å². The Kier molecular flexibility index (Phi) is 2.13. The van der Waals surface area contributed by atoms with Crippen LogP contribution in [0.5, 0.6) is 0 Å². The molecule has 0 N–H and O–H groups in total. The lowest BCUT2D eigenvalue weighted by molar-refractivity contribution is 0.626. The summed E-state index contributed by atoms with van der Waals surface area (Å²) in [6, 6.07) is 13.7. The van der Waals surface area contributed by atoms with E-state index >= 15 is 0 Å². The normalized spacial score (nSPS) is 19.9. The maximum Gasteiger partial charge on any atom is 0.0139 e. The molecule has 0 saturated heterocycles. The van der Waals surface area contributed by atoms with Gasteiger partial charge in [-0.25, -0.2) is 0 Å². The van der Waals surface area contributed by atoms with Gasteiger partial charge in [-0.05, 0) is 81.8 Å². The van der Waals surface area contributed by atoms with Crippen molar-refractivity contribution >= 4 is 22.6 Å². The topological polar surface area (TPSA) is 0 Å².